The molecule has 0 atom stereocenters. The molecule has 1 aromatic carbocycles. The van der Waals surface area contributed by atoms with E-state index in [0.29, 0.717) is 34.1 Å². The van der Waals surface area contributed by atoms with Gasteiger partial charge in [-0.3, -0.25) is 14.3 Å². The van der Waals surface area contributed by atoms with Crippen LogP contribution in [-0.4, -0.2) is 33.1 Å². The van der Waals surface area contributed by atoms with Gasteiger partial charge >= 0.3 is 0 Å². The molecule has 0 aliphatic heterocycles. The number of hydrogen-bond donors (Lipinski definition) is 2. The van der Waals surface area contributed by atoms with Crippen LogP contribution < -0.4 is 10.6 Å². The molecular formula is C18H16F3N5O2. The molecule has 0 saturated heterocycles. The quantitative estimate of drug-likeness (QED) is 0.669. The van der Waals surface area contributed by atoms with Gasteiger partial charge in [-0.1, -0.05) is 0 Å². The van der Waals surface area contributed by atoms with Gasteiger partial charge in [0.2, 0.25) is 5.91 Å². The Kier molecular flexibility index (Phi) is 5.04. The average molecular weight is 391 g/mol. The summed E-state index contributed by atoms with van der Waals surface area (Å²) in [4.78, 5) is 28.9. The molecule has 2 amide bonds. The highest BCUT2D eigenvalue weighted by Crippen LogP contribution is 2.22. The van der Waals surface area contributed by atoms with Crippen LogP contribution in [0.3, 0.4) is 0 Å². The molecule has 0 aliphatic carbocycles. The van der Waals surface area contributed by atoms with Gasteiger partial charge in [0.1, 0.15) is 0 Å². The lowest BCUT2D eigenvalue weighted by atomic mass is 10.1. The minimum Gasteiger partial charge on any atom is -0.343 e. The van der Waals surface area contributed by atoms with E-state index in [9.17, 15) is 22.8 Å². The molecule has 0 unspecified atom stereocenters. The number of halogens is 3. The zero-order chi connectivity index (χ0) is 20.6. The van der Waals surface area contributed by atoms with Gasteiger partial charge in [0.05, 0.1) is 28.9 Å². The Hall–Kier alpha value is -3.43. The van der Waals surface area contributed by atoms with Crippen LogP contribution in [0.1, 0.15) is 21.7 Å². The van der Waals surface area contributed by atoms with Gasteiger partial charge in [-0.05, 0) is 32.0 Å². The Morgan fingerprint density at radius 1 is 1.14 bits per heavy atom. The van der Waals surface area contributed by atoms with Crippen LogP contribution in [0, 0.1) is 31.3 Å². The number of pyridine rings is 1. The zero-order valence-electron chi connectivity index (χ0n) is 15.2. The van der Waals surface area contributed by atoms with Crippen molar-refractivity contribution in [2.45, 2.75) is 13.8 Å². The lowest BCUT2D eigenvalue weighted by Crippen LogP contribution is -2.33. The van der Waals surface area contributed by atoms with Crippen molar-refractivity contribution in [3.8, 4) is 0 Å². The highest BCUT2D eigenvalue weighted by molar-refractivity contribution is 6.08. The molecule has 28 heavy (non-hydrogen) atoms. The number of aryl methyl sites for hydroxylation is 3. The van der Waals surface area contributed by atoms with Crippen LogP contribution in [0.15, 0.2) is 18.2 Å². The van der Waals surface area contributed by atoms with Crippen molar-refractivity contribution in [2.24, 2.45) is 7.05 Å². The molecule has 0 bridgehead atoms. The zero-order valence-corrected chi connectivity index (χ0v) is 15.2. The predicted octanol–water partition coefficient (Wildman–Crippen LogP) is 2.37. The fourth-order valence-corrected chi connectivity index (χ4v) is 2.82. The first-order valence-corrected chi connectivity index (χ1v) is 8.21. The molecule has 2 heterocycles. The van der Waals surface area contributed by atoms with Crippen molar-refractivity contribution in [1.29, 1.82) is 0 Å². The second kappa shape index (κ2) is 7.29. The van der Waals surface area contributed by atoms with E-state index >= 15 is 0 Å². The Balaban J connectivity index is 1.75. The second-order valence-electron chi connectivity index (χ2n) is 6.17. The Morgan fingerprint density at radius 3 is 2.57 bits per heavy atom. The fraction of sp³-hybridized carbons (Fsp3) is 0.222. The summed E-state index contributed by atoms with van der Waals surface area (Å²) in [6.07, 6.45) is 0. The number of hydrogen-bond acceptors (Lipinski definition) is 4. The number of nitrogens with one attached hydrogen (secondary N) is 2. The SMILES string of the molecule is Cc1cc(C(=O)NCC(=O)Nc2ccc(F)c(F)c2F)c2c(C)nn(C)c2n1. The van der Waals surface area contributed by atoms with Crippen molar-refractivity contribution < 1.29 is 22.8 Å². The molecule has 10 heteroatoms. The first-order chi connectivity index (χ1) is 13.2. The third-order valence-electron chi connectivity index (χ3n) is 4.06. The molecule has 0 fully saturated rings. The summed E-state index contributed by atoms with van der Waals surface area (Å²) in [7, 11) is 1.70. The van der Waals surface area contributed by atoms with E-state index in [1.54, 1.807) is 31.6 Å². The maximum Gasteiger partial charge on any atom is 0.252 e. The third-order valence-corrected chi connectivity index (χ3v) is 4.06. The third kappa shape index (κ3) is 3.53. The lowest BCUT2D eigenvalue weighted by Gasteiger charge is -2.09. The van der Waals surface area contributed by atoms with Gasteiger partial charge in [-0.15, -0.1) is 0 Å². The van der Waals surface area contributed by atoms with E-state index < -0.39 is 41.5 Å². The monoisotopic (exact) mass is 391 g/mol. The highest BCUT2D eigenvalue weighted by Gasteiger charge is 2.19. The lowest BCUT2D eigenvalue weighted by molar-refractivity contribution is -0.115. The standard InChI is InChI=1S/C18H16F3N5O2/c1-8-6-10(14-9(2)25-26(3)17(14)23-8)18(28)22-7-13(27)24-12-5-4-11(19)15(20)16(12)21/h4-6H,7H2,1-3H3,(H,22,28)(H,24,27). The van der Waals surface area contributed by atoms with Gasteiger partial charge in [0.25, 0.3) is 5.91 Å². The Labute approximate surface area is 157 Å². The predicted molar refractivity (Wildman–Crippen MR) is 95.3 cm³/mol. The summed E-state index contributed by atoms with van der Waals surface area (Å²) >= 11 is 0. The van der Waals surface area contributed by atoms with Gasteiger partial charge in [-0.2, -0.15) is 5.10 Å². The van der Waals surface area contributed by atoms with Gasteiger partial charge in [-0.25, -0.2) is 18.2 Å². The van der Waals surface area contributed by atoms with Crippen LogP contribution in [0.5, 0.6) is 0 Å². The van der Waals surface area contributed by atoms with E-state index in [1.807, 2.05) is 0 Å². The molecule has 0 spiro atoms. The number of carbonyl (C=O) groups excluding carboxylic acids is 2. The van der Waals surface area contributed by atoms with Gasteiger partial charge in [0, 0.05) is 12.7 Å². The molecule has 0 aliphatic rings. The minimum atomic E-state index is -1.69. The number of rotatable bonds is 4. The molecule has 2 aromatic heterocycles. The summed E-state index contributed by atoms with van der Waals surface area (Å²) in [6.45, 7) is 2.95. The van der Waals surface area contributed by atoms with E-state index in [0.717, 1.165) is 6.07 Å². The molecule has 146 valence electrons. The van der Waals surface area contributed by atoms with Gasteiger partial charge in [0.15, 0.2) is 23.1 Å². The average Bonchev–Trinajstić information content (AvgIpc) is 2.93. The topological polar surface area (TPSA) is 88.9 Å². The molecule has 2 N–H and O–H groups in total. The number of anilines is 1. The first kappa shape index (κ1) is 19.3. The molecule has 3 rings (SSSR count). The van der Waals surface area contributed by atoms with Crippen LogP contribution >= 0.6 is 0 Å². The molecular weight excluding hydrogens is 375 g/mol. The number of fused-ring (bicyclic) bond motifs is 1. The van der Waals surface area contributed by atoms with Crippen LogP contribution in [0.25, 0.3) is 11.0 Å². The minimum absolute atomic E-state index is 0.292. The highest BCUT2D eigenvalue weighted by atomic mass is 19.2. The summed E-state index contributed by atoms with van der Waals surface area (Å²) in [5.74, 6) is -5.93. The molecule has 0 saturated carbocycles. The Morgan fingerprint density at radius 2 is 1.86 bits per heavy atom. The Bertz CT molecular complexity index is 1110. The summed E-state index contributed by atoms with van der Waals surface area (Å²) in [6, 6.07) is 3.15. The van der Waals surface area contributed by atoms with E-state index in [-0.39, 0.29) is 0 Å². The summed E-state index contributed by atoms with van der Waals surface area (Å²) in [5, 5.41) is 9.29. The maximum absolute atomic E-state index is 13.6. The largest absolute Gasteiger partial charge is 0.343 e. The maximum atomic E-state index is 13.6. The number of benzene rings is 1. The number of amides is 2. The normalized spacial score (nSPS) is 10.9. The van der Waals surface area contributed by atoms with Crippen molar-refractivity contribution in [3.05, 3.63) is 52.6 Å². The molecule has 0 radical (unpaired) electrons. The van der Waals surface area contributed by atoms with Crippen LogP contribution in [-0.2, 0) is 11.8 Å². The van der Waals surface area contributed by atoms with E-state index in [1.165, 1.54) is 0 Å². The molecule has 3 aromatic rings. The van der Waals surface area contributed by atoms with Crippen molar-refractivity contribution >= 4 is 28.5 Å². The number of aromatic nitrogens is 3. The smallest absolute Gasteiger partial charge is 0.252 e. The van der Waals surface area contributed by atoms with Crippen LogP contribution in [0.2, 0.25) is 0 Å². The van der Waals surface area contributed by atoms with Crippen LogP contribution in [0.4, 0.5) is 18.9 Å². The molecule has 7 nitrogen and oxygen atoms in total. The first-order valence-electron chi connectivity index (χ1n) is 8.21. The van der Waals surface area contributed by atoms with Crippen molar-refractivity contribution in [2.75, 3.05) is 11.9 Å². The summed E-state index contributed by atoms with van der Waals surface area (Å²) in [5.41, 5.74) is 1.48. The second-order valence-corrected chi connectivity index (χ2v) is 6.17. The van der Waals surface area contributed by atoms with Crippen molar-refractivity contribution in [1.82, 2.24) is 20.1 Å². The van der Waals surface area contributed by atoms with E-state index in [4.69, 9.17) is 0 Å². The van der Waals surface area contributed by atoms with Gasteiger partial charge < -0.3 is 10.6 Å². The fourth-order valence-electron chi connectivity index (χ4n) is 2.82. The van der Waals surface area contributed by atoms with Crippen molar-refractivity contribution in [3.63, 3.8) is 0 Å². The number of carbonyl (C=O) groups is 2. The van der Waals surface area contributed by atoms with E-state index in [2.05, 4.69) is 20.7 Å². The summed E-state index contributed by atoms with van der Waals surface area (Å²) < 4.78 is 41.3. The number of nitrogens with zero attached hydrogens (tertiary/aromatic N) is 3.